The highest BCUT2D eigenvalue weighted by Crippen LogP contribution is 2.02. The van der Waals surface area contributed by atoms with Crippen LogP contribution in [0.15, 0.2) is 24.5 Å². The minimum atomic E-state index is -1.18. The van der Waals surface area contributed by atoms with Crippen molar-refractivity contribution >= 4 is 11.9 Å². The fourth-order valence-electron chi connectivity index (χ4n) is 1.44. The smallest absolute Gasteiger partial charge is 0.358 e. The Hall–Kier alpha value is -2.84. The van der Waals surface area contributed by atoms with Gasteiger partial charge in [0.1, 0.15) is 0 Å². The summed E-state index contributed by atoms with van der Waals surface area (Å²) in [5, 5.41) is 18.1. The molecular formula is C11H10FN5O3. The standard InChI is InChI=1S/C11H10FN5O3/c12-9-7(2-1-3-13-9)10(18)14-4-5-17-6-8(11(19)20)15-16-17/h1-3,6H,4-5H2,(H,14,18)(H,19,20). The van der Waals surface area contributed by atoms with Gasteiger partial charge < -0.3 is 10.4 Å². The molecule has 9 heteroatoms. The number of pyridine rings is 1. The maximum Gasteiger partial charge on any atom is 0.358 e. The van der Waals surface area contributed by atoms with Gasteiger partial charge in [-0.1, -0.05) is 5.21 Å². The highest BCUT2D eigenvalue weighted by molar-refractivity contribution is 5.94. The Kier molecular flexibility index (Phi) is 3.99. The Balaban J connectivity index is 1.88. The lowest BCUT2D eigenvalue weighted by Crippen LogP contribution is -2.28. The van der Waals surface area contributed by atoms with E-state index >= 15 is 0 Å². The molecule has 20 heavy (non-hydrogen) atoms. The molecule has 0 saturated carbocycles. The molecule has 2 heterocycles. The van der Waals surface area contributed by atoms with Gasteiger partial charge in [0.15, 0.2) is 5.69 Å². The van der Waals surface area contributed by atoms with Gasteiger partial charge in [0.05, 0.1) is 18.3 Å². The van der Waals surface area contributed by atoms with Gasteiger partial charge in [-0.2, -0.15) is 4.39 Å². The Bertz CT molecular complexity index is 642. The Labute approximate surface area is 112 Å². The van der Waals surface area contributed by atoms with Gasteiger partial charge in [0.2, 0.25) is 5.95 Å². The van der Waals surface area contributed by atoms with Crippen molar-refractivity contribution in [3.63, 3.8) is 0 Å². The number of nitrogens with one attached hydrogen (secondary N) is 1. The molecule has 0 saturated heterocycles. The van der Waals surface area contributed by atoms with E-state index in [-0.39, 0.29) is 24.3 Å². The number of aromatic carboxylic acids is 1. The zero-order chi connectivity index (χ0) is 14.5. The maximum absolute atomic E-state index is 13.2. The SMILES string of the molecule is O=C(O)c1cn(CCNC(=O)c2cccnc2F)nn1. The van der Waals surface area contributed by atoms with Crippen LogP contribution in [-0.4, -0.2) is 43.5 Å². The van der Waals surface area contributed by atoms with Crippen molar-refractivity contribution in [3.8, 4) is 0 Å². The number of hydrogen-bond acceptors (Lipinski definition) is 5. The number of carboxylic acid groups (broad SMARTS) is 1. The summed E-state index contributed by atoms with van der Waals surface area (Å²) in [5.41, 5.74) is -0.341. The second kappa shape index (κ2) is 5.87. The number of amides is 1. The van der Waals surface area contributed by atoms with Crippen LogP contribution in [0.25, 0.3) is 0 Å². The Morgan fingerprint density at radius 2 is 2.25 bits per heavy atom. The van der Waals surface area contributed by atoms with Gasteiger partial charge in [0, 0.05) is 12.7 Å². The van der Waals surface area contributed by atoms with Crippen LogP contribution >= 0.6 is 0 Å². The molecule has 1 amide bonds. The molecular weight excluding hydrogens is 269 g/mol. The summed E-state index contributed by atoms with van der Waals surface area (Å²) in [4.78, 5) is 25.6. The van der Waals surface area contributed by atoms with E-state index in [2.05, 4.69) is 20.6 Å². The normalized spacial score (nSPS) is 10.2. The average Bonchev–Trinajstić information content (AvgIpc) is 2.88. The van der Waals surface area contributed by atoms with Gasteiger partial charge in [-0.15, -0.1) is 5.10 Å². The maximum atomic E-state index is 13.2. The summed E-state index contributed by atoms with van der Waals surface area (Å²) in [7, 11) is 0. The summed E-state index contributed by atoms with van der Waals surface area (Å²) < 4.78 is 14.5. The van der Waals surface area contributed by atoms with E-state index < -0.39 is 17.8 Å². The molecule has 2 N–H and O–H groups in total. The van der Waals surface area contributed by atoms with E-state index in [9.17, 15) is 14.0 Å². The van der Waals surface area contributed by atoms with Crippen LogP contribution in [0, 0.1) is 5.95 Å². The van der Waals surface area contributed by atoms with Gasteiger partial charge >= 0.3 is 5.97 Å². The van der Waals surface area contributed by atoms with Crippen molar-refractivity contribution < 1.29 is 19.1 Å². The summed E-state index contributed by atoms with van der Waals surface area (Å²) in [5.74, 6) is -2.63. The highest BCUT2D eigenvalue weighted by Gasteiger charge is 2.12. The third-order valence-electron chi connectivity index (χ3n) is 2.39. The van der Waals surface area contributed by atoms with E-state index in [1.165, 1.54) is 29.2 Å². The van der Waals surface area contributed by atoms with E-state index in [4.69, 9.17) is 5.11 Å². The molecule has 0 aliphatic carbocycles. The van der Waals surface area contributed by atoms with Crippen LogP contribution < -0.4 is 5.32 Å². The second-order valence-corrected chi connectivity index (χ2v) is 3.77. The quantitative estimate of drug-likeness (QED) is 0.742. The van der Waals surface area contributed by atoms with Crippen molar-refractivity contribution in [1.29, 1.82) is 0 Å². The minimum Gasteiger partial charge on any atom is -0.476 e. The van der Waals surface area contributed by atoms with Crippen LogP contribution in [0.2, 0.25) is 0 Å². The molecule has 8 nitrogen and oxygen atoms in total. The number of carboxylic acids is 1. The van der Waals surface area contributed by atoms with E-state index in [1.54, 1.807) is 0 Å². The molecule has 0 aliphatic heterocycles. The summed E-state index contributed by atoms with van der Waals surface area (Å²) in [6.45, 7) is 0.365. The Morgan fingerprint density at radius 1 is 1.45 bits per heavy atom. The lowest BCUT2D eigenvalue weighted by Gasteiger charge is -2.05. The molecule has 0 unspecified atom stereocenters. The number of nitrogens with zero attached hydrogens (tertiary/aromatic N) is 4. The molecule has 0 atom stereocenters. The average molecular weight is 279 g/mol. The van der Waals surface area contributed by atoms with Crippen molar-refractivity contribution in [3.05, 3.63) is 41.7 Å². The molecule has 104 valence electrons. The fraction of sp³-hybridized carbons (Fsp3) is 0.182. The summed E-state index contributed by atoms with van der Waals surface area (Å²) in [6.07, 6.45) is 2.48. The monoisotopic (exact) mass is 279 g/mol. The first-order valence-electron chi connectivity index (χ1n) is 5.60. The number of rotatable bonds is 5. The summed E-state index contributed by atoms with van der Waals surface area (Å²) >= 11 is 0. The molecule has 0 fully saturated rings. The number of hydrogen-bond donors (Lipinski definition) is 2. The van der Waals surface area contributed by atoms with E-state index in [0.717, 1.165) is 0 Å². The van der Waals surface area contributed by atoms with Gasteiger partial charge in [-0.05, 0) is 12.1 Å². The van der Waals surface area contributed by atoms with Gasteiger partial charge in [-0.3, -0.25) is 4.79 Å². The minimum absolute atomic E-state index is 0.148. The second-order valence-electron chi connectivity index (χ2n) is 3.77. The molecule has 0 aromatic carbocycles. The van der Waals surface area contributed by atoms with Gasteiger partial charge in [-0.25, -0.2) is 14.5 Å². The van der Waals surface area contributed by atoms with Crippen LogP contribution in [0.1, 0.15) is 20.8 Å². The number of aromatic nitrogens is 4. The molecule has 2 aromatic heterocycles. The lowest BCUT2D eigenvalue weighted by atomic mass is 10.2. The zero-order valence-corrected chi connectivity index (χ0v) is 10.2. The van der Waals surface area contributed by atoms with Crippen LogP contribution in [-0.2, 0) is 6.54 Å². The molecule has 2 aromatic rings. The Morgan fingerprint density at radius 3 is 2.90 bits per heavy atom. The van der Waals surface area contributed by atoms with Crippen molar-refractivity contribution in [1.82, 2.24) is 25.3 Å². The predicted octanol–water partition coefficient (Wildman–Crippen LogP) is -0.0596. The summed E-state index contributed by atoms with van der Waals surface area (Å²) in [6, 6.07) is 2.77. The zero-order valence-electron chi connectivity index (χ0n) is 10.2. The predicted molar refractivity (Wildman–Crippen MR) is 63.5 cm³/mol. The van der Waals surface area contributed by atoms with E-state index in [0.29, 0.717) is 0 Å². The van der Waals surface area contributed by atoms with Crippen molar-refractivity contribution in [2.75, 3.05) is 6.54 Å². The molecule has 0 bridgehead atoms. The van der Waals surface area contributed by atoms with Gasteiger partial charge in [0.25, 0.3) is 5.91 Å². The number of halogens is 1. The van der Waals surface area contributed by atoms with Crippen LogP contribution in [0.5, 0.6) is 0 Å². The first-order valence-corrected chi connectivity index (χ1v) is 5.60. The molecule has 2 rings (SSSR count). The third kappa shape index (κ3) is 3.13. The first-order chi connectivity index (χ1) is 9.58. The molecule has 0 aliphatic rings. The number of carbonyl (C=O) groups is 2. The first kappa shape index (κ1) is 13.6. The van der Waals surface area contributed by atoms with Crippen molar-refractivity contribution in [2.24, 2.45) is 0 Å². The van der Waals surface area contributed by atoms with E-state index in [1.807, 2.05) is 0 Å². The molecule has 0 spiro atoms. The topological polar surface area (TPSA) is 110 Å². The van der Waals surface area contributed by atoms with Crippen LogP contribution in [0.4, 0.5) is 4.39 Å². The largest absolute Gasteiger partial charge is 0.476 e. The van der Waals surface area contributed by atoms with Crippen LogP contribution in [0.3, 0.4) is 0 Å². The van der Waals surface area contributed by atoms with Crippen molar-refractivity contribution in [2.45, 2.75) is 6.54 Å². The third-order valence-corrected chi connectivity index (χ3v) is 2.39. The highest BCUT2D eigenvalue weighted by atomic mass is 19.1. The fourth-order valence-corrected chi connectivity index (χ4v) is 1.44. The molecule has 0 radical (unpaired) electrons. The number of carbonyl (C=O) groups excluding carboxylic acids is 1. The lowest BCUT2D eigenvalue weighted by molar-refractivity contribution is 0.0690.